The van der Waals surface area contributed by atoms with Gasteiger partial charge in [0.2, 0.25) is 5.90 Å². The molecule has 0 amide bonds. The SMILES string of the molecule is COc1cc(OC)cc(C2c3ccc(OC)cc3OC(=N)C2C#N)c1. The van der Waals surface area contributed by atoms with Crippen LogP contribution in [0.4, 0.5) is 0 Å². The number of nitrogens with one attached hydrogen (secondary N) is 1. The zero-order valence-electron chi connectivity index (χ0n) is 14.2. The molecule has 2 aromatic rings. The van der Waals surface area contributed by atoms with Gasteiger partial charge in [0.1, 0.15) is 28.9 Å². The van der Waals surface area contributed by atoms with Crippen LogP contribution in [-0.4, -0.2) is 27.2 Å². The Morgan fingerprint density at radius 1 is 0.960 bits per heavy atom. The summed E-state index contributed by atoms with van der Waals surface area (Å²) in [6.45, 7) is 0. The first-order chi connectivity index (χ1) is 12.1. The van der Waals surface area contributed by atoms with Gasteiger partial charge in [-0.15, -0.1) is 0 Å². The van der Waals surface area contributed by atoms with Gasteiger partial charge in [0.05, 0.1) is 27.4 Å². The Hall–Kier alpha value is -3.20. The molecule has 1 aliphatic heterocycles. The van der Waals surface area contributed by atoms with E-state index in [1.54, 1.807) is 33.5 Å². The Morgan fingerprint density at radius 3 is 2.16 bits per heavy atom. The van der Waals surface area contributed by atoms with Crippen LogP contribution < -0.4 is 18.9 Å². The average molecular weight is 338 g/mol. The Labute approximate surface area is 146 Å². The lowest BCUT2D eigenvalue weighted by molar-refractivity contribution is 0.390. The van der Waals surface area contributed by atoms with Crippen LogP contribution in [0.25, 0.3) is 0 Å². The fraction of sp³-hybridized carbons (Fsp3) is 0.263. The van der Waals surface area contributed by atoms with Crippen LogP contribution in [0.5, 0.6) is 23.0 Å². The van der Waals surface area contributed by atoms with E-state index < -0.39 is 5.92 Å². The first-order valence-electron chi connectivity index (χ1n) is 7.68. The highest BCUT2D eigenvalue weighted by molar-refractivity contribution is 5.85. The first kappa shape index (κ1) is 16.7. The van der Waals surface area contributed by atoms with Gasteiger partial charge in [0.15, 0.2) is 0 Å². The maximum absolute atomic E-state index is 9.61. The monoisotopic (exact) mass is 338 g/mol. The minimum Gasteiger partial charge on any atom is -0.497 e. The minimum absolute atomic E-state index is 0.0879. The van der Waals surface area contributed by atoms with Gasteiger partial charge in [0.25, 0.3) is 0 Å². The summed E-state index contributed by atoms with van der Waals surface area (Å²) < 4.78 is 21.5. The Morgan fingerprint density at radius 2 is 1.60 bits per heavy atom. The van der Waals surface area contributed by atoms with Gasteiger partial charge in [-0.2, -0.15) is 5.26 Å². The summed E-state index contributed by atoms with van der Waals surface area (Å²) in [7, 11) is 4.72. The molecule has 2 atom stereocenters. The highest BCUT2D eigenvalue weighted by Gasteiger charge is 2.37. The Balaban J connectivity index is 2.19. The van der Waals surface area contributed by atoms with Gasteiger partial charge in [-0.3, -0.25) is 5.41 Å². The molecular weight excluding hydrogens is 320 g/mol. The highest BCUT2D eigenvalue weighted by Crippen LogP contribution is 2.44. The van der Waals surface area contributed by atoms with Crippen molar-refractivity contribution in [2.45, 2.75) is 5.92 Å². The predicted molar refractivity (Wildman–Crippen MR) is 91.8 cm³/mol. The van der Waals surface area contributed by atoms with Crippen molar-refractivity contribution >= 4 is 5.90 Å². The largest absolute Gasteiger partial charge is 0.497 e. The minimum atomic E-state index is -0.738. The summed E-state index contributed by atoms with van der Waals surface area (Å²) in [4.78, 5) is 0. The maximum Gasteiger partial charge on any atom is 0.205 e. The van der Waals surface area contributed by atoms with Crippen LogP contribution in [0.15, 0.2) is 36.4 Å². The third-order valence-electron chi connectivity index (χ3n) is 4.26. The van der Waals surface area contributed by atoms with Crippen molar-refractivity contribution in [2.75, 3.05) is 21.3 Å². The summed E-state index contributed by atoms with van der Waals surface area (Å²) in [5, 5.41) is 17.7. The van der Waals surface area contributed by atoms with E-state index in [0.29, 0.717) is 23.0 Å². The predicted octanol–water partition coefficient (Wildman–Crippen LogP) is 3.35. The van der Waals surface area contributed by atoms with E-state index in [-0.39, 0.29) is 11.8 Å². The van der Waals surface area contributed by atoms with Crippen LogP contribution in [0.2, 0.25) is 0 Å². The number of hydrogen-bond donors (Lipinski definition) is 1. The third-order valence-corrected chi connectivity index (χ3v) is 4.26. The molecule has 0 fully saturated rings. The summed E-state index contributed by atoms with van der Waals surface area (Å²) in [5.74, 6) is 1.20. The van der Waals surface area contributed by atoms with E-state index in [1.165, 1.54) is 0 Å². The molecule has 0 radical (unpaired) electrons. The van der Waals surface area contributed by atoms with Gasteiger partial charge in [-0.25, -0.2) is 0 Å². The van der Waals surface area contributed by atoms with Crippen molar-refractivity contribution in [3.8, 4) is 29.1 Å². The normalized spacial score (nSPS) is 18.6. The lowest BCUT2D eigenvalue weighted by atomic mass is 9.79. The van der Waals surface area contributed by atoms with E-state index in [4.69, 9.17) is 24.4 Å². The van der Waals surface area contributed by atoms with Crippen molar-refractivity contribution < 1.29 is 18.9 Å². The maximum atomic E-state index is 9.61. The van der Waals surface area contributed by atoms with E-state index >= 15 is 0 Å². The van der Waals surface area contributed by atoms with Crippen molar-refractivity contribution in [3.05, 3.63) is 47.5 Å². The summed E-state index contributed by atoms with van der Waals surface area (Å²) in [6.07, 6.45) is 0. The van der Waals surface area contributed by atoms with Gasteiger partial charge in [0, 0.05) is 23.6 Å². The average Bonchev–Trinajstić information content (AvgIpc) is 2.65. The molecule has 1 heterocycles. The number of benzene rings is 2. The van der Waals surface area contributed by atoms with E-state index in [2.05, 4.69) is 6.07 Å². The molecule has 2 unspecified atom stereocenters. The number of nitrogens with zero attached hydrogens (tertiary/aromatic N) is 1. The van der Waals surface area contributed by atoms with Crippen LogP contribution in [-0.2, 0) is 0 Å². The fourth-order valence-electron chi connectivity index (χ4n) is 3.01. The number of ether oxygens (including phenoxy) is 4. The smallest absolute Gasteiger partial charge is 0.205 e. The molecule has 6 heteroatoms. The molecule has 0 aliphatic carbocycles. The first-order valence-corrected chi connectivity index (χ1v) is 7.68. The van der Waals surface area contributed by atoms with Crippen molar-refractivity contribution in [1.29, 1.82) is 10.7 Å². The fourth-order valence-corrected chi connectivity index (χ4v) is 3.01. The molecule has 0 bridgehead atoms. The summed E-state index contributed by atoms with van der Waals surface area (Å²) >= 11 is 0. The lowest BCUT2D eigenvalue weighted by Gasteiger charge is -2.30. The van der Waals surface area contributed by atoms with E-state index in [9.17, 15) is 5.26 Å². The number of rotatable bonds is 4. The van der Waals surface area contributed by atoms with Gasteiger partial charge >= 0.3 is 0 Å². The summed E-state index contributed by atoms with van der Waals surface area (Å²) in [6, 6.07) is 13.1. The quantitative estimate of drug-likeness (QED) is 0.924. The molecule has 3 rings (SSSR count). The molecule has 1 aliphatic rings. The van der Waals surface area contributed by atoms with Crippen LogP contribution in [0.3, 0.4) is 0 Å². The van der Waals surface area contributed by atoms with Gasteiger partial charge in [-0.1, -0.05) is 6.07 Å². The summed E-state index contributed by atoms with van der Waals surface area (Å²) in [5.41, 5.74) is 1.64. The Bertz CT molecular complexity index is 835. The molecule has 1 N–H and O–H groups in total. The number of fused-ring (bicyclic) bond motifs is 1. The molecule has 0 aromatic heterocycles. The molecule has 6 nitrogen and oxygen atoms in total. The Kier molecular flexibility index (Phi) is 4.48. The van der Waals surface area contributed by atoms with Gasteiger partial charge in [-0.05, 0) is 23.8 Å². The molecule has 0 spiro atoms. The third kappa shape index (κ3) is 2.96. The highest BCUT2D eigenvalue weighted by atomic mass is 16.5. The number of nitriles is 1. The van der Waals surface area contributed by atoms with Crippen molar-refractivity contribution in [3.63, 3.8) is 0 Å². The van der Waals surface area contributed by atoms with Crippen LogP contribution in [0.1, 0.15) is 17.0 Å². The number of hydrogen-bond acceptors (Lipinski definition) is 6. The second kappa shape index (κ2) is 6.73. The zero-order valence-corrected chi connectivity index (χ0v) is 14.2. The second-order valence-electron chi connectivity index (χ2n) is 5.60. The van der Waals surface area contributed by atoms with Crippen LogP contribution >= 0.6 is 0 Å². The van der Waals surface area contributed by atoms with Crippen molar-refractivity contribution in [1.82, 2.24) is 0 Å². The standard InChI is InChI=1S/C19H18N2O4/c1-22-12-4-5-15-17(9-12)25-19(21)16(10-20)18(15)11-6-13(23-2)8-14(7-11)24-3/h4-9,16,18,21H,1-3H3. The molecule has 2 aromatic carbocycles. The molecule has 0 saturated carbocycles. The second-order valence-corrected chi connectivity index (χ2v) is 5.60. The molecule has 25 heavy (non-hydrogen) atoms. The zero-order chi connectivity index (χ0) is 18.0. The van der Waals surface area contributed by atoms with E-state index in [1.807, 2.05) is 24.3 Å². The van der Waals surface area contributed by atoms with E-state index in [0.717, 1.165) is 11.1 Å². The van der Waals surface area contributed by atoms with Crippen LogP contribution in [0, 0.1) is 22.7 Å². The molecule has 0 saturated heterocycles. The topological polar surface area (TPSA) is 84.6 Å². The van der Waals surface area contributed by atoms with Gasteiger partial charge < -0.3 is 18.9 Å². The van der Waals surface area contributed by atoms with Crippen molar-refractivity contribution in [2.24, 2.45) is 5.92 Å². The number of methoxy groups -OCH3 is 3. The molecule has 128 valence electrons. The lowest BCUT2D eigenvalue weighted by Crippen LogP contribution is -2.31. The molecular formula is C19H18N2O4.